The van der Waals surface area contributed by atoms with E-state index in [4.69, 9.17) is 4.74 Å². The van der Waals surface area contributed by atoms with Gasteiger partial charge in [0.05, 0.1) is 5.56 Å². The van der Waals surface area contributed by atoms with Gasteiger partial charge in [-0.3, -0.25) is 4.79 Å². The maximum atomic E-state index is 13.8. The average molecular weight is 405 g/mol. The summed E-state index contributed by atoms with van der Waals surface area (Å²) in [6, 6.07) is 13.5. The maximum Gasteiger partial charge on any atom is 0.400 e. The monoisotopic (exact) mass is 405 g/mol. The first kappa shape index (κ1) is 20.9. The average Bonchev–Trinajstić information content (AvgIpc) is 2.95. The van der Waals surface area contributed by atoms with E-state index in [0.717, 1.165) is 5.56 Å². The van der Waals surface area contributed by atoms with Crippen LogP contribution in [0.4, 0.5) is 13.2 Å². The lowest BCUT2D eigenvalue weighted by molar-refractivity contribution is -0.188. The predicted molar refractivity (Wildman–Crippen MR) is 101 cm³/mol. The summed E-state index contributed by atoms with van der Waals surface area (Å²) in [6.45, 7) is 5.24. The molecule has 1 N–H and O–H groups in total. The van der Waals surface area contributed by atoms with Crippen molar-refractivity contribution in [3.05, 3.63) is 70.8 Å². The molecule has 1 aliphatic rings. The summed E-state index contributed by atoms with van der Waals surface area (Å²) in [4.78, 5) is 24.5. The molecule has 7 heteroatoms. The van der Waals surface area contributed by atoms with Crippen molar-refractivity contribution in [2.45, 2.75) is 45.0 Å². The van der Waals surface area contributed by atoms with Crippen LogP contribution in [0.5, 0.6) is 0 Å². The SMILES string of the molecule is Cc1ccc(C(C)(C)CC(C(=O)NC2OC(=O)c3ccccc32)C(F)(F)F)cc1. The Kier molecular flexibility index (Phi) is 5.43. The highest BCUT2D eigenvalue weighted by molar-refractivity contribution is 5.94. The van der Waals surface area contributed by atoms with Gasteiger partial charge in [0, 0.05) is 5.56 Å². The van der Waals surface area contributed by atoms with E-state index < -0.39 is 42.0 Å². The van der Waals surface area contributed by atoms with Crippen LogP contribution >= 0.6 is 0 Å². The first-order chi connectivity index (χ1) is 13.5. The summed E-state index contributed by atoms with van der Waals surface area (Å²) in [5, 5.41) is 2.25. The highest BCUT2D eigenvalue weighted by Crippen LogP contribution is 2.39. The van der Waals surface area contributed by atoms with Crippen LogP contribution < -0.4 is 5.32 Å². The van der Waals surface area contributed by atoms with Crippen LogP contribution in [0.3, 0.4) is 0 Å². The van der Waals surface area contributed by atoms with Crippen LogP contribution in [-0.4, -0.2) is 18.1 Å². The topological polar surface area (TPSA) is 55.4 Å². The van der Waals surface area contributed by atoms with Gasteiger partial charge in [-0.15, -0.1) is 0 Å². The first-order valence-corrected chi connectivity index (χ1v) is 9.23. The number of esters is 1. The minimum Gasteiger partial charge on any atom is -0.434 e. The number of benzene rings is 2. The zero-order chi connectivity index (χ0) is 21.4. The molecule has 0 aliphatic carbocycles. The Labute approximate surface area is 167 Å². The molecule has 0 radical (unpaired) electrons. The fourth-order valence-corrected chi connectivity index (χ4v) is 3.47. The minimum atomic E-state index is -4.74. The third-order valence-electron chi connectivity index (χ3n) is 5.22. The molecular formula is C22H22F3NO3. The predicted octanol–water partition coefficient (Wildman–Crippen LogP) is 4.83. The molecule has 0 aromatic heterocycles. The van der Waals surface area contributed by atoms with Crippen LogP contribution in [-0.2, 0) is 14.9 Å². The molecule has 0 bridgehead atoms. The number of carbonyl (C=O) groups excluding carboxylic acids is 2. The normalized spacial score (nSPS) is 17.4. The summed E-state index contributed by atoms with van der Waals surface area (Å²) >= 11 is 0. The van der Waals surface area contributed by atoms with E-state index in [1.165, 1.54) is 6.07 Å². The second kappa shape index (κ2) is 7.54. The van der Waals surface area contributed by atoms with Gasteiger partial charge >= 0.3 is 12.1 Å². The smallest absolute Gasteiger partial charge is 0.400 e. The molecule has 154 valence electrons. The maximum absolute atomic E-state index is 13.8. The van der Waals surface area contributed by atoms with Gasteiger partial charge in [0.15, 0.2) is 0 Å². The van der Waals surface area contributed by atoms with E-state index in [0.29, 0.717) is 11.1 Å². The molecule has 4 nitrogen and oxygen atoms in total. The lowest BCUT2D eigenvalue weighted by atomic mass is 9.76. The number of rotatable bonds is 5. The number of fused-ring (bicyclic) bond motifs is 1. The zero-order valence-electron chi connectivity index (χ0n) is 16.3. The van der Waals surface area contributed by atoms with E-state index in [1.54, 1.807) is 44.2 Å². The van der Waals surface area contributed by atoms with E-state index in [1.807, 2.05) is 19.1 Å². The standard InChI is InChI=1S/C22H22F3NO3/c1-13-8-10-14(11-9-13)21(2,3)12-17(22(23,24)25)18(27)26-19-15-6-4-5-7-16(15)20(28)29-19/h4-11,17,19H,12H2,1-3H3,(H,26,27). The Balaban J connectivity index is 1.81. The second-order valence-corrected chi connectivity index (χ2v) is 7.93. The molecule has 2 aromatic rings. The van der Waals surface area contributed by atoms with Crippen LogP contribution in [0.15, 0.2) is 48.5 Å². The number of alkyl halides is 3. The number of hydrogen-bond donors (Lipinski definition) is 1. The summed E-state index contributed by atoms with van der Waals surface area (Å²) < 4.78 is 46.3. The number of aryl methyl sites for hydroxylation is 1. The summed E-state index contributed by atoms with van der Waals surface area (Å²) in [5.41, 5.74) is 1.40. The molecule has 0 spiro atoms. The van der Waals surface area contributed by atoms with E-state index >= 15 is 0 Å². The molecule has 0 fully saturated rings. The van der Waals surface area contributed by atoms with Gasteiger partial charge in [0.25, 0.3) is 0 Å². The molecule has 29 heavy (non-hydrogen) atoms. The quantitative estimate of drug-likeness (QED) is 0.725. The number of halogens is 3. The molecular weight excluding hydrogens is 383 g/mol. The van der Waals surface area contributed by atoms with Crippen molar-refractivity contribution in [1.82, 2.24) is 5.32 Å². The molecule has 2 unspecified atom stereocenters. The van der Waals surface area contributed by atoms with Gasteiger partial charge in [-0.2, -0.15) is 13.2 Å². The van der Waals surface area contributed by atoms with Gasteiger partial charge in [0.1, 0.15) is 5.92 Å². The van der Waals surface area contributed by atoms with E-state index in [9.17, 15) is 22.8 Å². The summed E-state index contributed by atoms with van der Waals surface area (Å²) in [6.07, 6.45) is -6.40. The third-order valence-corrected chi connectivity index (χ3v) is 5.22. The Hall–Kier alpha value is -2.83. The number of hydrogen-bond acceptors (Lipinski definition) is 3. The number of ether oxygens (including phenoxy) is 1. The second-order valence-electron chi connectivity index (χ2n) is 7.93. The molecule has 0 saturated carbocycles. The van der Waals surface area contributed by atoms with Crippen molar-refractivity contribution in [2.24, 2.45) is 5.92 Å². The Morgan fingerprint density at radius 3 is 2.34 bits per heavy atom. The Bertz CT molecular complexity index is 920. The van der Waals surface area contributed by atoms with Crippen molar-refractivity contribution in [1.29, 1.82) is 0 Å². The molecule has 3 rings (SSSR count). The number of carbonyl (C=O) groups is 2. The van der Waals surface area contributed by atoms with Crippen molar-refractivity contribution >= 4 is 11.9 Å². The van der Waals surface area contributed by atoms with Crippen molar-refractivity contribution in [2.75, 3.05) is 0 Å². The molecule has 0 saturated heterocycles. The van der Waals surface area contributed by atoms with Crippen molar-refractivity contribution < 1.29 is 27.5 Å². The van der Waals surface area contributed by atoms with Crippen LogP contribution in [0.2, 0.25) is 0 Å². The van der Waals surface area contributed by atoms with Crippen molar-refractivity contribution in [3.8, 4) is 0 Å². The first-order valence-electron chi connectivity index (χ1n) is 9.23. The van der Waals surface area contributed by atoms with Crippen molar-refractivity contribution in [3.63, 3.8) is 0 Å². The highest BCUT2D eigenvalue weighted by Gasteiger charge is 2.48. The van der Waals surface area contributed by atoms with Gasteiger partial charge in [-0.1, -0.05) is 61.9 Å². The number of nitrogens with one attached hydrogen (secondary N) is 1. The molecule has 1 heterocycles. The number of amides is 1. The zero-order valence-corrected chi connectivity index (χ0v) is 16.3. The third kappa shape index (κ3) is 4.44. The molecule has 1 aliphatic heterocycles. The lowest BCUT2D eigenvalue weighted by Gasteiger charge is -2.31. The largest absolute Gasteiger partial charge is 0.434 e. The molecule has 2 aromatic carbocycles. The minimum absolute atomic E-state index is 0.237. The molecule has 2 atom stereocenters. The summed E-state index contributed by atoms with van der Waals surface area (Å²) in [7, 11) is 0. The highest BCUT2D eigenvalue weighted by atomic mass is 19.4. The Morgan fingerprint density at radius 1 is 1.10 bits per heavy atom. The lowest BCUT2D eigenvalue weighted by Crippen LogP contribution is -2.43. The fourth-order valence-electron chi connectivity index (χ4n) is 3.47. The van der Waals surface area contributed by atoms with Crippen LogP contribution in [0, 0.1) is 12.8 Å². The van der Waals surface area contributed by atoms with Crippen LogP contribution in [0.25, 0.3) is 0 Å². The van der Waals surface area contributed by atoms with E-state index in [2.05, 4.69) is 5.32 Å². The Morgan fingerprint density at radius 2 is 1.72 bits per heavy atom. The summed E-state index contributed by atoms with van der Waals surface area (Å²) in [5.74, 6) is -4.13. The van der Waals surface area contributed by atoms with Gasteiger partial charge < -0.3 is 10.1 Å². The van der Waals surface area contributed by atoms with Crippen LogP contribution in [0.1, 0.15) is 53.5 Å². The molecule has 1 amide bonds. The van der Waals surface area contributed by atoms with E-state index in [-0.39, 0.29) is 5.56 Å². The van der Waals surface area contributed by atoms with Gasteiger partial charge in [-0.05, 0) is 30.4 Å². The fraction of sp³-hybridized carbons (Fsp3) is 0.364. The van der Waals surface area contributed by atoms with Gasteiger partial charge in [-0.25, -0.2) is 4.79 Å². The van der Waals surface area contributed by atoms with Gasteiger partial charge in [0.2, 0.25) is 12.1 Å². The number of cyclic esters (lactones) is 1.